The number of benzene rings is 2. The number of hydroxylamine groups is 1. The number of aromatic nitrogens is 2. The average molecular weight is 450 g/mol. The van der Waals surface area contributed by atoms with Gasteiger partial charge >= 0.3 is 0 Å². The van der Waals surface area contributed by atoms with Gasteiger partial charge in [-0.1, -0.05) is 57.2 Å². The number of amides is 1. The van der Waals surface area contributed by atoms with E-state index in [4.69, 9.17) is 5.73 Å². The molecule has 166 valence electrons. The van der Waals surface area contributed by atoms with Crippen LogP contribution < -0.4 is 15.7 Å². The van der Waals surface area contributed by atoms with Crippen LogP contribution in [-0.2, 0) is 11.2 Å². The second-order valence-corrected chi connectivity index (χ2v) is 9.88. The van der Waals surface area contributed by atoms with E-state index >= 15 is 0 Å². The largest absolute Gasteiger partial charge is 0.363 e. The maximum absolute atomic E-state index is 11.8. The number of anilines is 2. The highest BCUT2D eigenvalue weighted by Crippen LogP contribution is 2.45. The molecule has 2 aromatic carbocycles. The molecule has 1 aliphatic heterocycles. The maximum atomic E-state index is 11.8. The Kier molecular flexibility index (Phi) is 5.83. The van der Waals surface area contributed by atoms with Crippen LogP contribution in [0.4, 0.5) is 11.4 Å². The molecule has 2 heterocycles. The smallest absolute Gasteiger partial charge is 0.286 e. The number of carbonyl (C=O) groups excluding carboxylic acids is 1. The molecule has 32 heavy (non-hydrogen) atoms. The summed E-state index contributed by atoms with van der Waals surface area (Å²) < 4.78 is 0. The molecule has 0 radical (unpaired) electrons. The van der Waals surface area contributed by atoms with Crippen molar-refractivity contribution >= 4 is 29.0 Å². The second-order valence-electron chi connectivity index (χ2n) is 8.86. The normalized spacial score (nSPS) is 15.7. The summed E-state index contributed by atoms with van der Waals surface area (Å²) in [5.41, 5.74) is 10.1. The molecule has 7 nitrogen and oxygen atoms in total. The van der Waals surface area contributed by atoms with Gasteiger partial charge in [0.05, 0.1) is 16.3 Å². The molecule has 4 rings (SSSR count). The zero-order valence-electron chi connectivity index (χ0n) is 18.6. The molecule has 3 N–H and O–H groups in total. The van der Waals surface area contributed by atoms with E-state index in [1.807, 2.05) is 36.2 Å². The zero-order valence-corrected chi connectivity index (χ0v) is 19.4. The number of nitrogens with zero attached hydrogens (tertiary/aromatic N) is 4. The lowest BCUT2D eigenvalue weighted by atomic mass is 9.87. The van der Waals surface area contributed by atoms with E-state index in [9.17, 15) is 10.0 Å². The molecular formula is C24H27N5O2S. The Labute approximate surface area is 192 Å². The Hall–Kier alpha value is -3.10. The number of hydrogen-bond donors (Lipinski definition) is 2. The van der Waals surface area contributed by atoms with Gasteiger partial charge in [0.15, 0.2) is 6.17 Å². The summed E-state index contributed by atoms with van der Waals surface area (Å²) in [5, 5.41) is 12.1. The third-order valence-electron chi connectivity index (χ3n) is 5.57. The summed E-state index contributed by atoms with van der Waals surface area (Å²) in [4.78, 5) is 23.0. The molecule has 1 aromatic heterocycles. The Morgan fingerprint density at radius 1 is 1.12 bits per heavy atom. The third-order valence-corrected chi connectivity index (χ3v) is 6.67. The van der Waals surface area contributed by atoms with E-state index in [2.05, 4.69) is 55.0 Å². The van der Waals surface area contributed by atoms with E-state index in [1.54, 1.807) is 18.0 Å². The number of rotatable bonds is 5. The number of para-hydroxylation sites is 2. The zero-order chi connectivity index (χ0) is 23.0. The summed E-state index contributed by atoms with van der Waals surface area (Å²) in [6, 6.07) is 16.1. The molecule has 1 aliphatic rings. The first-order valence-electron chi connectivity index (χ1n) is 10.4. The Morgan fingerprint density at radius 2 is 1.78 bits per heavy atom. The van der Waals surface area contributed by atoms with Gasteiger partial charge in [-0.05, 0) is 28.7 Å². The fourth-order valence-corrected chi connectivity index (χ4v) is 4.68. The lowest BCUT2D eigenvalue weighted by Crippen LogP contribution is -2.33. The summed E-state index contributed by atoms with van der Waals surface area (Å²) in [5.74, 6) is -0.0780. The van der Waals surface area contributed by atoms with E-state index < -0.39 is 12.1 Å². The van der Waals surface area contributed by atoms with Gasteiger partial charge in [0.2, 0.25) is 5.82 Å². The van der Waals surface area contributed by atoms with Gasteiger partial charge in [0, 0.05) is 19.0 Å². The molecule has 0 aliphatic carbocycles. The average Bonchev–Trinajstić information content (AvgIpc) is 3.02. The minimum atomic E-state index is -0.705. The lowest BCUT2D eigenvalue weighted by Gasteiger charge is -2.27. The monoisotopic (exact) mass is 449 g/mol. The van der Waals surface area contributed by atoms with Crippen molar-refractivity contribution in [2.75, 3.05) is 17.0 Å². The van der Waals surface area contributed by atoms with E-state index in [-0.39, 0.29) is 11.2 Å². The standard InChI is InChI=1S/C24H27N5O2S/c1-24(2,3)16-11-9-15(10-12-16)14-32-19-13-26-22(21(25)30)27-20(19)23-28(4)17-7-5-6-8-18(17)29(23)31/h5-13,23,31H,14H2,1-4H3,(H2,25,30). The van der Waals surface area contributed by atoms with Crippen molar-refractivity contribution in [1.82, 2.24) is 9.97 Å². The van der Waals surface area contributed by atoms with Crippen LogP contribution in [0.25, 0.3) is 0 Å². The summed E-state index contributed by atoms with van der Waals surface area (Å²) in [7, 11) is 1.88. The summed E-state index contributed by atoms with van der Waals surface area (Å²) in [6.45, 7) is 6.58. The van der Waals surface area contributed by atoms with Crippen molar-refractivity contribution in [1.29, 1.82) is 0 Å². The van der Waals surface area contributed by atoms with Gasteiger partial charge in [-0.15, -0.1) is 11.8 Å². The first kappa shape index (κ1) is 22.1. The van der Waals surface area contributed by atoms with Crippen molar-refractivity contribution in [3.8, 4) is 0 Å². The van der Waals surface area contributed by atoms with Gasteiger partial charge < -0.3 is 10.6 Å². The SMILES string of the molecule is CN1c2ccccc2N(O)C1c1nc(C(N)=O)ncc1SCc1ccc(C(C)(C)C)cc1. The molecule has 1 unspecified atom stereocenters. The van der Waals surface area contributed by atoms with Gasteiger partial charge in [-0.25, -0.2) is 15.0 Å². The molecule has 0 saturated heterocycles. The lowest BCUT2D eigenvalue weighted by molar-refractivity contribution is 0.0989. The van der Waals surface area contributed by atoms with Crippen molar-refractivity contribution in [3.63, 3.8) is 0 Å². The first-order valence-corrected chi connectivity index (χ1v) is 11.3. The number of primary amides is 1. The van der Waals surface area contributed by atoms with Crippen molar-refractivity contribution < 1.29 is 10.0 Å². The minimum Gasteiger partial charge on any atom is -0.363 e. The molecule has 0 bridgehead atoms. The van der Waals surface area contributed by atoms with Crippen LogP contribution in [0.15, 0.2) is 59.6 Å². The Morgan fingerprint density at radius 3 is 2.38 bits per heavy atom. The van der Waals surface area contributed by atoms with Crippen molar-refractivity contribution in [3.05, 3.63) is 77.4 Å². The molecule has 0 saturated carbocycles. The van der Waals surface area contributed by atoms with Gasteiger partial charge in [-0.2, -0.15) is 0 Å². The van der Waals surface area contributed by atoms with Gasteiger partial charge in [0.1, 0.15) is 5.69 Å². The maximum Gasteiger partial charge on any atom is 0.286 e. The highest BCUT2D eigenvalue weighted by atomic mass is 32.2. The molecule has 1 amide bonds. The number of carbonyl (C=O) groups is 1. The van der Waals surface area contributed by atoms with E-state index in [1.165, 1.54) is 10.6 Å². The Balaban J connectivity index is 1.64. The number of nitrogens with two attached hydrogens (primary N) is 1. The van der Waals surface area contributed by atoms with Crippen molar-refractivity contribution in [2.24, 2.45) is 5.73 Å². The van der Waals surface area contributed by atoms with Crippen LogP contribution in [0.5, 0.6) is 0 Å². The highest BCUT2D eigenvalue weighted by molar-refractivity contribution is 7.98. The number of fused-ring (bicyclic) bond motifs is 1. The van der Waals surface area contributed by atoms with Crippen LogP contribution in [0.1, 0.15) is 54.4 Å². The van der Waals surface area contributed by atoms with Gasteiger partial charge in [-0.3, -0.25) is 10.0 Å². The molecule has 0 spiro atoms. The molecule has 8 heteroatoms. The first-order chi connectivity index (χ1) is 15.2. The van der Waals surface area contributed by atoms with Crippen LogP contribution >= 0.6 is 11.8 Å². The summed E-state index contributed by atoms with van der Waals surface area (Å²) in [6.07, 6.45) is 1.01. The molecule has 0 fully saturated rings. The topological polar surface area (TPSA) is 95.6 Å². The second kappa shape index (κ2) is 8.44. The summed E-state index contributed by atoms with van der Waals surface area (Å²) >= 11 is 1.56. The van der Waals surface area contributed by atoms with Crippen LogP contribution in [-0.4, -0.2) is 28.1 Å². The van der Waals surface area contributed by atoms with E-state index in [0.717, 1.165) is 16.1 Å². The molecule has 1 atom stereocenters. The Bertz CT molecular complexity index is 1110. The predicted octanol–water partition coefficient (Wildman–Crippen LogP) is 4.51. The van der Waals surface area contributed by atoms with Crippen molar-refractivity contribution in [2.45, 2.75) is 43.0 Å². The fourth-order valence-electron chi connectivity index (χ4n) is 3.74. The third kappa shape index (κ3) is 4.16. The van der Waals surface area contributed by atoms with Crippen LogP contribution in [0.2, 0.25) is 0 Å². The number of thioether (sulfide) groups is 1. The fraction of sp³-hybridized carbons (Fsp3) is 0.292. The predicted molar refractivity (Wildman–Crippen MR) is 127 cm³/mol. The minimum absolute atomic E-state index is 0.0726. The van der Waals surface area contributed by atoms with Gasteiger partial charge in [0.25, 0.3) is 5.91 Å². The highest BCUT2D eigenvalue weighted by Gasteiger charge is 2.37. The van der Waals surface area contributed by atoms with E-state index in [0.29, 0.717) is 17.1 Å². The van der Waals surface area contributed by atoms with Crippen LogP contribution in [0, 0.1) is 0 Å². The number of hydrogen-bond acceptors (Lipinski definition) is 7. The van der Waals surface area contributed by atoms with Crippen LogP contribution in [0.3, 0.4) is 0 Å². The molecular weight excluding hydrogens is 422 g/mol. The quantitative estimate of drug-likeness (QED) is 0.553. The molecule has 3 aromatic rings.